The Hall–Kier alpha value is -1.99. The normalized spacial score (nSPS) is 18.3. The molecule has 0 saturated carbocycles. The number of amides is 2. The summed E-state index contributed by atoms with van der Waals surface area (Å²) in [7, 11) is 1.77. The van der Waals surface area contributed by atoms with Crippen molar-refractivity contribution < 1.29 is 18.7 Å². The van der Waals surface area contributed by atoms with Gasteiger partial charge in [-0.3, -0.25) is 14.5 Å². The number of rotatable bonds is 5. The summed E-state index contributed by atoms with van der Waals surface area (Å²) in [4.78, 5) is 26.9. The second-order valence-corrected chi connectivity index (χ2v) is 5.87. The fraction of sp³-hybridized carbons (Fsp3) is 0.500. The molecule has 0 spiro atoms. The Bertz CT molecular complexity index is 594. The van der Waals surface area contributed by atoms with Crippen LogP contribution in [0.1, 0.15) is 15.9 Å². The third kappa shape index (κ3) is 4.74. The lowest BCUT2D eigenvalue weighted by Gasteiger charge is -2.35. The summed E-state index contributed by atoms with van der Waals surface area (Å²) in [6.07, 6.45) is -0.203. The summed E-state index contributed by atoms with van der Waals surface area (Å²) in [6, 6.07) is 4.20. The van der Waals surface area contributed by atoms with E-state index in [9.17, 15) is 14.0 Å². The van der Waals surface area contributed by atoms with Crippen molar-refractivity contribution in [3.05, 3.63) is 35.1 Å². The third-order valence-electron chi connectivity index (χ3n) is 3.80. The van der Waals surface area contributed by atoms with Crippen molar-refractivity contribution in [2.75, 3.05) is 39.8 Å². The van der Waals surface area contributed by atoms with Crippen LogP contribution in [0, 0.1) is 12.7 Å². The molecule has 0 bridgehead atoms. The highest BCUT2D eigenvalue weighted by Gasteiger charge is 2.27. The Labute approximate surface area is 135 Å². The Morgan fingerprint density at radius 3 is 2.91 bits per heavy atom. The minimum atomic E-state index is -0.426. The number of hydrogen-bond donors (Lipinski definition) is 1. The highest BCUT2D eigenvalue weighted by atomic mass is 19.1. The maximum atomic E-state index is 13.4. The first-order valence-corrected chi connectivity index (χ1v) is 7.50. The second kappa shape index (κ2) is 7.52. The number of aryl methyl sites for hydroxylation is 1. The quantitative estimate of drug-likeness (QED) is 0.851. The summed E-state index contributed by atoms with van der Waals surface area (Å²) in [5, 5.41) is 0. The fourth-order valence-corrected chi connectivity index (χ4v) is 2.69. The van der Waals surface area contributed by atoms with E-state index in [4.69, 9.17) is 10.5 Å². The highest BCUT2D eigenvalue weighted by molar-refractivity contribution is 5.95. The lowest BCUT2D eigenvalue weighted by atomic mass is 10.1. The van der Waals surface area contributed by atoms with E-state index in [1.807, 2.05) is 0 Å². The predicted octanol–water partition coefficient (Wildman–Crippen LogP) is 0.392. The molecular formula is C16H22FN3O3. The zero-order chi connectivity index (χ0) is 17.0. The molecule has 1 aliphatic heterocycles. The SMILES string of the molecule is Cc1ccc(F)cc1C(=O)N1CCOC(CN(C)CC(N)=O)C1. The van der Waals surface area contributed by atoms with Crippen molar-refractivity contribution in [1.29, 1.82) is 0 Å². The summed E-state index contributed by atoms with van der Waals surface area (Å²) < 4.78 is 19.0. The molecule has 1 aliphatic rings. The second-order valence-electron chi connectivity index (χ2n) is 5.87. The molecule has 0 radical (unpaired) electrons. The average Bonchev–Trinajstić information content (AvgIpc) is 2.48. The number of primary amides is 1. The molecule has 1 atom stereocenters. The molecule has 2 N–H and O–H groups in total. The smallest absolute Gasteiger partial charge is 0.254 e. The Morgan fingerprint density at radius 1 is 1.48 bits per heavy atom. The minimum absolute atomic E-state index is 0.136. The molecule has 1 fully saturated rings. The van der Waals surface area contributed by atoms with Crippen LogP contribution in [-0.2, 0) is 9.53 Å². The molecule has 1 aromatic carbocycles. The molecule has 0 aliphatic carbocycles. The van der Waals surface area contributed by atoms with E-state index in [0.29, 0.717) is 31.8 Å². The Kier molecular flexibility index (Phi) is 5.68. The largest absolute Gasteiger partial charge is 0.373 e. The summed E-state index contributed by atoms with van der Waals surface area (Å²) in [5.74, 6) is -1.04. The van der Waals surface area contributed by atoms with Crippen molar-refractivity contribution in [3.63, 3.8) is 0 Å². The highest BCUT2D eigenvalue weighted by Crippen LogP contribution is 2.16. The molecule has 6 nitrogen and oxygen atoms in total. The topological polar surface area (TPSA) is 75.9 Å². The maximum Gasteiger partial charge on any atom is 0.254 e. The minimum Gasteiger partial charge on any atom is -0.373 e. The lowest BCUT2D eigenvalue weighted by molar-refractivity contribution is -0.119. The van der Waals surface area contributed by atoms with E-state index in [1.54, 1.807) is 29.8 Å². The standard InChI is InChI=1S/C16H22FN3O3/c1-11-3-4-12(17)7-14(11)16(22)20-5-6-23-13(9-20)8-19(2)10-15(18)21/h3-4,7,13H,5-6,8-10H2,1-2H3,(H2,18,21). The molecule has 2 amide bonds. The molecular weight excluding hydrogens is 301 g/mol. The monoisotopic (exact) mass is 323 g/mol. The van der Waals surface area contributed by atoms with E-state index < -0.39 is 11.7 Å². The van der Waals surface area contributed by atoms with Crippen molar-refractivity contribution in [2.24, 2.45) is 5.73 Å². The number of nitrogens with two attached hydrogens (primary N) is 1. The van der Waals surface area contributed by atoms with Gasteiger partial charge in [0, 0.05) is 25.2 Å². The third-order valence-corrected chi connectivity index (χ3v) is 3.80. The summed E-state index contributed by atoms with van der Waals surface area (Å²) in [6.45, 7) is 3.69. The molecule has 0 aromatic heterocycles. The van der Waals surface area contributed by atoms with Gasteiger partial charge in [0.15, 0.2) is 0 Å². The molecule has 7 heteroatoms. The van der Waals surface area contributed by atoms with E-state index in [0.717, 1.165) is 5.56 Å². The first-order valence-electron chi connectivity index (χ1n) is 7.50. The number of carbonyl (C=O) groups excluding carboxylic acids is 2. The maximum absolute atomic E-state index is 13.4. The molecule has 1 aromatic rings. The number of hydrogen-bond acceptors (Lipinski definition) is 4. The molecule has 126 valence electrons. The number of likely N-dealkylation sites (N-methyl/N-ethyl adjacent to an activating group) is 1. The molecule has 1 saturated heterocycles. The number of carbonyl (C=O) groups is 2. The lowest BCUT2D eigenvalue weighted by Crippen LogP contribution is -2.50. The van der Waals surface area contributed by atoms with Gasteiger partial charge >= 0.3 is 0 Å². The first-order chi connectivity index (χ1) is 10.9. The molecule has 2 rings (SSSR count). The number of nitrogens with zero attached hydrogens (tertiary/aromatic N) is 2. The number of morpholine rings is 1. The van der Waals surface area contributed by atoms with E-state index in [2.05, 4.69) is 0 Å². The van der Waals surface area contributed by atoms with Crippen molar-refractivity contribution in [2.45, 2.75) is 13.0 Å². The molecule has 1 heterocycles. The average molecular weight is 323 g/mol. The van der Waals surface area contributed by atoms with Crippen LogP contribution < -0.4 is 5.73 Å². The van der Waals surface area contributed by atoms with Crippen LogP contribution in [0.3, 0.4) is 0 Å². The van der Waals surface area contributed by atoms with Crippen LogP contribution in [0.4, 0.5) is 4.39 Å². The van der Waals surface area contributed by atoms with Gasteiger partial charge in [-0.05, 0) is 31.7 Å². The number of halogens is 1. The fourth-order valence-electron chi connectivity index (χ4n) is 2.69. The van der Waals surface area contributed by atoms with Crippen molar-refractivity contribution >= 4 is 11.8 Å². The van der Waals surface area contributed by atoms with Crippen LogP contribution in [-0.4, -0.2) is 67.6 Å². The van der Waals surface area contributed by atoms with Crippen molar-refractivity contribution in [3.8, 4) is 0 Å². The zero-order valence-corrected chi connectivity index (χ0v) is 13.4. The van der Waals surface area contributed by atoms with Gasteiger partial charge in [-0.25, -0.2) is 4.39 Å². The number of ether oxygens (including phenoxy) is 1. The van der Waals surface area contributed by atoms with Gasteiger partial charge in [0.25, 0.3) is 5.91 Å². The van der Waals surface area contributed by atoms with Gasteiger partial charge in [-0.15, -0.1) is 0 Å². The number of benzene rings is 1. The Balaban J connectivity index is 2.01. The van der Waals surface area contributed by atoms with Crippen LogP contribution in [0.25, 0.3) is 0 Å². The van der Waals surface area contributed by atoms with Gasteiger partial charge in [0.2, 0.25) is 5.91 Å². The summed E-state index contributed by atoms with van der Waals surface area (Å²) >= 11 is 0. The van der Waals surface area contributed by atoms with Crippen molar-refractivity contribution in [1.82, 2.24) is 9.80 Å². The van der Waals surface area contributed by atoms with Crippen LogP contribution in [0.15, 0.2) is 18.2 Å². The van der Waals surface area contributed by atoms with Crippen LogP contribution >= 0.6 is 0 Å². The van der Waals surface area contributed by atoms with Gasteiger partial charge in [-0.1, -0.05) is 6.07 Å². The van der Waals surface area contributed by atoms with Crippen LogP contribution in [0.2, 0.25) is 0 Å². The van der Waals surface area contributed by atoms with Gasteiger partial charge in [0.1, 0.15) is 5.82 Å². The van der Waals surface area contributed by atoms with Gasteiger partial charge < -0.3 is 15.4 Å². The van der Waals surface area contributed by atoms with Crippen LogP contribution in [0.5, 0.6) is 0 Å². The van der Waals surface area contributed by atoms with E-state index in [1.165, 1.54) is 12.1 Å². The van der Waals surface area contributed by atoms with E-state index in [-0.39, 0.29) is 18.6 Å². The summed E-state index contributed by atoms with van der Waals surface area (Å²) in [5.41, 5.74) is 6.27. The molecule has 1 unspecified atom stereocenters. The van der Waals surface area contributed by atoms with E-state index >= 15 is 0 Å². The Morgan fingerprint density at radius 2 is 2.22 bits per heavy atom. The van der Waals surface area contributed by atoms with Gasteiger partial charge in [0.05, 0.1) is 19.3 Å². The predicted molar refractivity (Wildman–Crippen MR) is 83.5 cm³/mol. The molecule has 23 heavy (non-hydrogen) atoms. The first kappa shape index (κ1) is 17.4. The van der Waals surface area contributed by atoms with Gasteiger partial charge in [-0.2, -0.15) is 0 Å². The zero-order valence-electron chi connectivity index (χ0n) is 13.4.